The van der Waals surface area contributed by atoms with E-state index in [1.807, 2.05) is 48.5 Å². The maximum Gasteiger partial charge on any atom is 0.330 e. The second kappa shape index (κ2) is 10.5. The van der Waals surface area contributed by atoms with Crippen molar-refractivity contribution in [2.45, 2.75) is 38.6 Å². The zero-order valence-corrected chi connectivity index (χ0v) is 21.1. The Labute approximate surface area is 215 Å². The third kappa shape index (κ3) is 4.99. The first kappa shape index (κ1) is 24.7. The molecule has 0 aliphatic heterocycles. The number of esters is 1. The first-order chi connectivity index (χ1) is 18.0. The smallest absolute Gasteiger partial charge is 0.330 e. The topological polar surface area (TPSA) is 64.4 Å². The van der Waals surface area contributed by atoms with Gasteiger partial charge in [-0.2, -0.15) is 5.10 Å². The molecule has 1 aliphatic carbocycles. The van der Waals surface area contributed by atoms with E-state index in [4.69, 9.17) is 4.74 Å². The Morgan fingerprint density at radius 3 is 2.68 bits per heavy atom. The minimum Gasteiger partial charge on any atom is -0.466 e. The van der Waals surface area contributed by atoms with Crippen molar-refractivity contribution in [3.05, 3.63) is 77.7 Å². The predicted octanol–water partition coefficient (Wildman–Crippen LogP) is 6.17. The largest absolute Gasteiger partial charge is 0.466 e. The number of hydrogen-bond donors (Lipinski definition) is 0. The van der Waals surface area contributed by atoms with Gasteiger partial charge < -0.3 is 9.64 Å². The number of carbonyl (C=O) groups excluding carboxylic acids is 2. The molecule has 1 saturated carbocycles. The van der Waals surface area contributed by atoms with Crippen molar-refractivity contribution in [3.63, 3.8) is 0 Å². The van der Waals surface area contributed by atoms with Gasteiger partial charge in [-0.25, -0.2) is 9.18 Å². The van der Waals surface area contributed by atoms with E-state index in [2.05, 4.69) is 5.10 Å². The summed E-state index contributed by atoms with van der Waals surface area (Å²) >= 11 is 0. The first-order valence-electron chi connectivity index (χ1n) is 12.7. The summed E-state index contributed by atoms with van der Waals surface area (Å²) in [5.74, 6) is -0.796. The summed E-state index contributed by atoms with van der Waals surface area (Å²) in [5, 5.41) is 6.24. The maximum absolute atomic E-state index is 15.9. The van der Waals surface area contributed by atoms with Crippen LogP contribution in [0.1, 0.15) is 43.2 Å². The van der Waals surface area contributed by atoms with Gasteiger partial charge in [-0.05, 0) is 53.6 Å². The fraction of sp³-hybridized carbons (Fsp3) is 0.300. The summed E-state index contributed by atoms with van der Waals surface area (Å²) in [7, 11) is 3.06. The van der Waals surface area contributed by atoms with Crippen LogP contribution in [0.4, 0.5) is 10.1 Å². The molecule has 0 atom stereocenters. The predicted molar refractivity (Wildman–Crippen MR) is 143 cm³/mol. The number of rotatable bonds is 6. The lowest BCUT2D eigenvalue weighted by Crippen LogP contribution is -2.36. The van der Waals surface area contributed by atoms with Gasteiger partial charge in [0.1, 0.15) is 5.52 Å². The molecule has 4 aromatic rings. The number of methoxy groups -OCH3 is 1. The van der Waals surface area contributed by atoms with Crippen LogP contribution in [0.2, 0.25) is 0 Å². The molecule has 5 rings (SSSR count). The van der Waals surface area contributed by atoms with E-state index in [0.717, 1.165) is 54.0 Å². The molecule has 1 aromatic heterocycles. The van der Waals surface area contributed by atoms with Gasteiger partial charge in [-0.1, -0.05) is 49.6 Å². The number of aryl methyl sites for hydroxylation is 1. The van der Waals surface area contributed by atoms with Crippen LogP contribution in [-0.4, -0.2) is 28.8 Å². The quantitative estimate of drug-likeness (QED) is 0.235. The minimum atomic E-state index is -0.451. The Morgan fingerprint density at radius 2 is 1.89 bits per heavy atom. The third-order valence-corrected chi connectivity index (χ3v) is 7.23. The Hall–Kier alpha value is -4.00. The van der Waals surface area contributed by atoms with Crippen LogP contribution in [-0.2, 0) is 27.9 Å². The second-order valence-corrected chi connectivity index (χ2v) is 9.62. The van der Waals surface area contributed by atoms with E-state index in [9.17, 15) is 9.59 Å². The highest BCUT2D eigenvalue weighted by atomic mass is 19.1. The normalized spacial score (nSPS) is 14.5. The maximum atomic E-state index is 15.9. The van der Waals surface area contributed by atoms with E-state index >= 15 is 4.39 Å². The molecule has 0 bridgehead atoms. The molecule has 6 nitrogen and oxygen atoms in total. The van der Waals surface area contributed by atoms with Crippen LogP contribution < -0.4 is 4.90 Å². The average Bonchev–Trinajstić information content (AvgIpc) is 3.31. The van der Waals surface area contributed by atoms with Gasteiger partial charge in [0.05, 0.1) is 19.9 Å². The van der Waals surface area contributed by atoms with Crippen molar-refractivity contribution in [2.24, 2.45) is 13.0 Å². The molecular formula is C30H30FN3O3. The monoisotopic (exact) mass is 499 g/mol. The van der Waals surface area contributed by atoms with Crippen molar-refractivity contribution in [2.75, 3.05) is 12.0 Å². The number of anilines is 1. The van der Waals surface area contributed by atoms with Crippen molar-refractivity contribution in [1.29, 1.82) is 0 Å². The van der Waals surface area contributed by atoms with Crippen molar-refractivity contribution >= 4 is 45.3 Å². The number of ether oxygens (including phenoxy) is 1. The number of hydrogen-bond acceptors (Lipinski definition) is 4. The lowest BCUT2D eigenvalue weighted by molar-refractivity contribution is -0.134. The SMILES string of the molecule is COC(=O)C=Cc1cccc(N(Cc2cccc3cc4cnn(C)c4c(F)c23)C(=O)C2CCCCC2)c1. The highest BCUT2D eigenvalue weighted by molar-refractivity contribution is 6.00. The average molecular weight is 500 g/mol. The fourth-order valence-corrected chi connectivity index (χ4v) is 5.32. The highest BCUT2D eigenvalue weighted by Gasteiger charge is 2.28. The second-order valence-electron chi connectivity index (χ2n) is 9.62. The number of halogens is 1. The van der Waals surface area contributed by atoms with Crippen LogP contribution >= 0.6 is 0 Å². The van der Waals surface area contributed by atoms with Gasteiger partial charge in [-0.15, -0.1) is 0 Å². The Balaban J connectivity index is 1.59. The van der Waals surface area contributed by atoms with Crippen LogP contribution in [0, 0.1) is 11.7 Å². The third-order valence-electron chi connectivity index (χ3n) is 7.23. The van der Waals surface area contributed by atoms with Gasteiger partial charge in [0.2, 0.25) is 5.91 Å². The minimum absolute atomic E-state index is 0.0489. The molecule has 1 amide bonds. The van der Waals surface area contributed by atoms with Crippen molar-refractivity contribution < 1.29 is 18.7 Å². The van der Waals surface area contributed by atoms with E-state index in [1.165, 1.54) is 13.2 Å². The van der Waals surface area contributed by atoms with Gasteiger partial charge in [0, 0.05) is 35.5 Å². The van der Waals surface area contributed by atoms with Crippen molar-refractivity contribution in [1.82, 2.24) is 9.78 Å². The number of amides is 1. The molecule has 190 valence electrons. The van der Waals surface area contributed by atoms with Gasteiger partial charge in [0.25, 0.3) is 0 Å². The molecule has 3 aromatic carbocycles. The number of carbonyl (C=O) groups is 2. The van der Waals surface area contributed by atoms with Crippen LogP contribution in [0.3, 0.4) is 0 Å². The van der Waals surface area contributed by atoms with E-state index in [-0.39, 0.29) is 24.2 Å². The number of nitrogens with zero attached hydrogens (tertiary/aromatic N) is 3. The van der Waals surface area contributed by atoms with Gasteiger partial charge >= 0.3 is 5.97 Å². The molecule has 0 N–H and O–H groups in total. The summed E-state index contributed by atoms with van der Waals surface area (Å²) in [6.45, 7) is 0.233. The number of fused-ring (bicyclic) bond motifs is 2. The summed E-state index contributed by atoms with van der Waals surface area (Å²) in [5.41, 5.74) is 2.66. The van der Waals surface area contributed by atoms with E-state index < -0.39 is 5.97 Å². The Kier molecular flexibility index (Phi) is 7.04. The van der Waals surface area contributed by atoms with Crippen LogP contribution in [0.25, 0.3) is 27.8 Å². The Bertz CT molecular complexity index is 1500. The highest BCUT2D eigenvalue weighted by Crippen LogP contribution is 2.33. The van der Waals surface area contributed by atoms with Crippen LogP contribution in [0.15, 0.2) is 60.8 Å². The molecular weight excluding hydrogens is 469 g/mol. The fourth-order valence-electron chi connectivity index (χ4n) is 5.32. The summed E-state index contributed by atoms with van der Waals surface area (Å²) in [4.78, 5) is 27.3. The van der Waals surface area contributed by atoms with E-state index in [0.29, 0.717) is 16.6 Å². The molecule has 0 spiro atoms. The molecule has 0 unspecified atom stereocenters. The van der Waals surface area contributed by atoms with E-state index in [1.54, 1.807) is 28.9 Å². The molecule has 1 fully saturated rings. The van der Waals surface area contributed by atoms with Crippen LogP contribution in [0.5, 0.6) is 0 Å². The summed E-state index contributed by atoms with van der Waals surface area (Å²) < 4.78 is 22.1. The molecule has 0 saturated heterocycles. The lowest BCUT2D eigenvalue weighted by Gasteiger charge is -2.30. The number of benzene rings is 3. The number of aromatic nitrogens is 2. The first-order valence-corrected chi connectivity index (χ1v) is 12.7. The summed E-state index contributed by atoms with van der Waals surface area (Å²) in [6, 6.07) is 15.1. The lowest BCUT2D eigenvalue weighted by atomic mass is 9.88. The standard InChI is InChI=1S/C30H30FN3O3/c1-33-29-24(18-32-33)17-22-11-7-12-23(27(22)28(29)31)19-34(30(36)21-9-4-3-5-10-21)25-13-6-8-20(16-25)14-15-26(35)37-2/h6-8,11-18,21H,3-5,9-10,19H2,1-2H3. The molecule has 7 heteroatoms. The van der Waals surface area contributed by atoms with Gasteiger partial charge in [-0.3, -0.25) is 9.48 Å². The molecule has 1 aliphatic rings. The zero-order valence-electron chi connectivity index (χ0n) is 21.1. The van der Waals surface area contributed by atoms with Gasteiger partial charge in [0.15, 0.2) is 5.82 Å². The van der Waals surface area contributed by atoms with Crippen molar-refractivity contribution in [3.8, 4) is 0 Å². The molecule has 1 heterocycles. The molecule has 37 heavy (non-hydrogen) atoms. The summed E-state index contributed by atoms with van der Waals surface area (Å²) in [6.07, 6.45) is 9.61. The zero-order chi connectivity index (χ0) is 25.9. The molecule has 0 radical (unpaired) electrons. The Morgan fingerprint density at radius 1 is 1.11 bits per heavy atom.